The van der Waals surface area contributed by atoms with Crippen LogP contribution in [0.5, 0.6) is 5.75 Å². The van der Waals surface area contributed by atoms with E-state index in [-0.39, 0.29) is 17.6 Å². The van der Waals surface area contributed by atoms with Crippen LogP contribution in [0.1, 0.15) is 23.6 Å². The van der Waals surface area contributed by atoms with Crippen molar-refractivity contribution in [1.29, 1.82) is 0 Å². The lowest BCUT2D eigenvalue weighted by molar-refractivity contribution is -0.125. The predicted molar refractivity (Wildman–Crippen MR) is 123 cm³/mol. The van der Waals surface area contributed by atoms with Crippen LogP contribution >= 0.6 is 0 Å². The van der Waals surface area contributed by atoms with Crippen LogP contribution in [0.3, 0.4) is 0 Å². The second-order valence-electron chi connectivity index (χ2n) is 7.67. The Bertz CT molecular complexity index is 1190. The van der Waals surface area contributed by atoms with Gasteiger partial charge in [-0.1, -0.05) is 36.4 Å². The van der Waals surface area contributed by atoms with E-state index in [1.165, 1.54) is 18.2 Å². The van der Waals surface area contributed by atoms with Crippen LogP contribution in [0.2, 0.25) is 0 Å². The van der Waals surface area contributed by atoms with E-state index in [0.29, 0.717) is 29.2 Å². The molecule has 3 aromatic rings. The highest BCUT2D eigenvalue weighted by Crippen LogP contribution is 2.37. The number of halogens is 1. The number of carbonyl (C=O) groups is 2. The molecular weight excluding hydrogens is 407 g/mol. The molecule has 0 bridgehead atoms. The lowest BCUT2D eigenvalue weighted by Gasteiger charge is -2.33. The Morgan fingerprint density at radius 3 is 2.62 bits per heavy atom. The minimum absolute atomic E-state index is 0.138. The molecule has 1 aliphatic heterocycles. The van der Waals surface area contributed by atoms with Crippen LogP contribution in [0.25, 0.3) is 6.08 Å². The maximum absolute atomic E-state index is 13.0. The standard InChI is InChI=1S/C26H23FN2O3/c1-17-5-3-4-6-20(17)16-29-23-15-22(12-13-24(23)32-18(2)26(29)31)28-25(30)14-9-19-7-10-21(27)11-8-19/h3-15,18H,16H2,1-2H3,(H,28,30)/b14-9+. The number of aryl methyl sites for hydroxylation is 1. The fourth-order valence-corrected chi connectivity index (χ4v) is 3.54. The summed E-state index contributed by atoms with van der Waals surface area (Å²) in [5.74, 6) is -0.218. The minimum atomic E-state index is -0.592. The zero-order valence-corrected chi connectivity index (χ0v) is 17.8. The van der Waals surface area contributed by atoms with E-state index in [4.69, 9.17) is 4.74 Å². The van der Waals surface area contributed by atoms with E-state index in [2.05, 4.69) is 5.32 Å². The molecule has 0 fully saturated rings. The van der Waals surface area contributed by atoms with Gasteiger partial charge in [0, 0.05) is 11.8 Å². The third-order valence-electron chi connectivity index (χ3n) is 5.32. The third kappa shape index (κ3) is 4.70. The van der Waals surface area contributed by atoms with Crippen molar-refractivity contribution in [1.82, 2.24) is 0 Å². The van der Waals surface area contributed by atoms with Crippen molar-refractivity contribution in [3.05, 3.63) is 95.3 Å². The van der Waals surface area contributed by atoms with Gasteiger partial charge in [0.05, 0.1) is 12.2 Å². The van der Waals surface area contributed by atoms with Gasteiger partial charge in [-0.3, -0.25) is 9.59 Å². The molecule has 2 amide bonds. The second kappa shape index (κ2) is 9.06. The van der Waals surface area contributed by atoms with Crippen LogP contribution in [-0.4, -0.2) is 17.9 Å². The zero-order valence-electron chi connectivity index (χ0n) is 17.8. The van der Waals surface area contributed by atoms with E-state index < -0.39 is 6.10 Å². The number of amides is 2. The molecule has 0 radical (unpaired) electrons. The molecule has 1 aliphatic rings. The molecule has 0 spiro atoms. The SMILES string of the molecule is Cc1ccccc1CN1C(=O)C(C)Oc2ccc(NC(=O)/C=C/c3ccc(F)cc3)cc21. The maximum atomic E-state index is 13.0. The highest BCUT2D eigenvalue weighted by atomic mass is 19.1. The molecule has 1 unspecified atom stereocenters. The Labute approximate surface area is 186 Å². The van der Waals surface area contributed by atoms with E-state index in [9.17, 15) is 14.0 Å². The minimum Gasteiger partial charge on any atom is -0.479 e. The van der Waals surface area contributed by atoms with Gasteiger partial charge in [0.1, 0.15) is 11.6 Å². The van der Waals surface area contributed by atoms with Gasteiger partial charge in [-0.2, -0.15) is 0 Å². The van der Waals surface area contributed by atoms with Crippen LogP contribution in [-0.2, 0) is 16.1 Å². The molecule has 0 aliphatic carbocycles. The van der Waals surface area contributed by atoms with Crippen LogP contribution in [0, 0.1) is 12.7 Å². The monoisotopic (exact) mass is 430 g/mol. The first-order valence-electron chi connectivity index (χ1n) is 10.3. The van der Waals surface area contributed by atoms with E-state index in [1.54, 1.807) is 48.2 Å². The number of carbonyl (C=O) groups excluding carboxylic acids is 2. The van der Waals surface area contributed by atoms with Crippen molar-refractivity contribution >= 4 is 29.3 Å². The topological polar surface area (TPSA) is 58.6 Å². The van der Waals surface area contributed by atoms with Gasteiger partial charge >= 0.3 is 0 Å². The molecule has 3 aromatic carbocycles. The molecule has 162 valence electrons. The molecule has 0 saturated heterocycles. The first-order valence-corrected chi connectivity index (χ1v) is 10.3. The number of nitrogens with zero attached hydrogens (tertiary/aromatic N) is 1. The van der Waals surface area contributed by atoms with Crippen LogP contribution in [0.4, 0.5) is 15.8 Å². The Morgan fingerprint density at radius 1 is 1.12 bits per heavy atom. The summed E-state index contributed by atoms with van der Waals surface area (Å²) in [6.45, 7) is 4.15. The van der Waals surface area contributed by atoms with Gasteiger partial charge in [-0.05, 0) is 66.9 Å². The summed E-state index contributed by atoms with van der Waals surface area (Å²) in [6, 6.07) is 19.0. The summed E-state index contributed by atoms with van der Waals surface area (Å²) in [5, 5.41) is 2.80. The Hall–Kier alpha value is -3.93. The molecule has 0 saturated carbocycles. The van der Waals surface area contributed by atoms with Crippen molar-refractivity contribution in [2.75, 3.05) is 10.2 Å². The van der Waals surface area contributed by atoms with Gasteiger partial charge in [0.25, 0.3) is 5.91 Å². The smallest absolute Gasteiger partial charge is 0.268 e. The zero-order chi connectivity index (χ0) is 22.7. The molecule has 32 heavy (non-hydrogen) atoms. The molecule has 1 N–H and O–H groups in total. The highest BCUT2D eigenvalue weighted by molar-refractivity contribution is 6.04. The number of nitrogens with one attached hydrogen (secondary N) is 1. The Morgan fingerprint density at radius 2 is 1.88 bits per heavy atom. The number of rotatable bonds is 5. The number of hydrogen-bond donors (Lipinski definition) is 1. The highest BCUT2D eigenvalue weighted by Gasteiger charge is 2.32. The van der Waals surface area contributed by atoms with Crippen molar-refractivity contribution in [3.63, 3.8) is 0 Å². The summed E-state index contributed by atoms with van der Waals surface area (Å²) in [5.41, 5.74) is 3.99. The third-order valence-corrected chi connectivity index (χ3v) is 5.32. The Balaban J connectivity index is 1.55. The van der Waals surface area contributed by atoms with Crippen molar-refractivity contribution < 1.29 is 18.7 Å². The van der Waals surface area contributed by atoms with Crippen molar-refractivity contribution in [3.8, 4) is 5.75 Å². The van der Waals surface area contributed by atoms with E-state index in [0.717, 1.165) is 11.1 Å². The number of ether oxygens (including phenoxy) is 1. The summed E-state index contributed by atoms with van der Waals surface area (Å²) in [6.07, 6.45) is 2.39. The lowest BCUT2D eigenvalue weighted by Crippen LogP contribution is -2.44. The molecule has 1 atom stereocenters. The fourth-order valence-electron chi connectivity index (χ4n) is 3.54. The number of benzene rings is 3. The predicted octanol–water partition coefficient (Wildman–Crippen LogP) is 5.10. The largest absolute Gasteiger partial charge is 0.479 e. The first kappa shape index (κ1) is 21.3. The fraction of sp³-hybridized carbons (Fsp3) is 0.154. The molecular formula is C26H23FN2O3. The van der Waals surface area contributed by atoms with Gasteiger partial charge in [0.15, 0.2) is 6.10 Å². The molecule has 6 heteroatoms. The summed E-state index contributed by atoms with van der Waals surface area (Å²) in [4.78, 5) is 27.0. The number of anilines is 2. The van der Waals surface area contributed by atoms with Crippen LogP contribution < -0.4 is 15.0 Å². The first-order chi connectivity index (χ1) is 15.4. The Kier molecular flexibility index (Phi) is 6.03. The van der Waals surface area contributed by atoms with Gasteiger partial charge < -0.3 is 15.0 Å². The lowest BCUT2D eigenvalue weighted by atomic mass is 10.1. The molecule has 4 rings (SSSR count). The number of hydrogen-bond acceptors (Lipinski definition) is 3. The van der Waals surface area contributed by atoms with E-state index in [1.807, 2.05) is 31.2 Å². The van der Waals surface area contributed by atoms with Gasteiger partial charge in [0.2, 0.25) is 5.91 Å². The molecule has 0 aromatic heterocycles. The normalized spacial score (nSPS) is 15.4. The van der Waals surface area contributed by atoms with Crippen LogP contribution in [0.15, 0.2) is 72.8 Å². The summed E-state index contributed by atoms with van der Waals surface area (Å²) in [7, 11) is 0. The number of fused-ring (bicyclic) bond motifs is 1. The maximum Gasteiger partial charge on any atom is 0.268 e. The van der Waals surface area contributed by atoms with E-state index >= 15 is 0 Å². The summed E-state index contributed by atoms with van der Waals surface area (Å²) >= 11 is 0. The molecule has 5 nitrogen and oxygen atoms in total. The molecule has 1 heterocycles. The van der Waals surface area contributed by atoms with Gasteiger partial charge in [-0.15, -0.1) is 0 Å². The average Bonchev–Trinajstić information content (AvgIpc) is 2.78. The van der Waals surface area contributed by atoms with Crippen molar-refractivity contribution in [2.24, 2.45) is 0 Å². The summed E-state index contributed by atoms with van der Waals surface area (Å²) < 4.78 is 18.8. The average molecular weight is 430 g/mol. The van der Waals surface area contributed by atoms with Crippen molar-refractivity contribution in [2.45, 2.75) is 26.5 Å². The van der Waals surface area contributed by atoms with Gasteiger partial charge in [-0.25, -0.2) is 4.39 Å². The quantitative estimate of drug-likeness (QED) is 0.573. The second-order valence-corrected chi connectivity index (χ2v) is 7.67.